The molecule has 2 aliphatic rings. The number of allylic oxidation sites excluding steroid dienone is 2. The minimum atomic E-state index is -1.76. The monoisotopic (exact) mass is 529 g/mol. The highest BCUT2D eigenvalue weighted by Crippen LogP contribution is 2.32. The van der Waals surface area contributed by atoms with Gasteiger partial charge >= 0.3 is 5.97 Å². The summed E-state index contributed by atoms with van der Waals surface area (Å²) in [5.41, 5.74) is 11.1. The number of carboxylic acids is 1. The van der Waals surface area contributed by atoms with Crippen LogP contribution >= 0.6 is 0 Å². The number of hydrazine groups is 2. The molecule has 0 bridgehead atoms. The van der Waals surface area contributed by atoms with Gasteiger partial charge in [0.25, 0.3) is 5.91 Å². The number of anilines is 2. The minimum Gasteiger partial charge on any atom is -0.481 e. The van der Waals surface area contributed by atoms with Gasteiger partial charge < -0.3 is 10.4 Å². The van der Waals surface area contributed by atoms with E-state index >= 15 is 0 Å². The topological polar surface area (TPSA) is 124 Å². The Balaban J connectivity index is 1.29. The first-order chi connectivity index (χ1) is 18.5. The summed E-state index contributed by atoms with van der Waals surface area (Å²) < 4.78 is 13.6. The zero-order chi connectivity index (χ0) is 26.5. The second kappa shape index (κ2) is 11.3. The van der Waals surface area contributed by atoms with Crippen molar-refractivity contribution in [2.24, 2.45) is 0 Å². The van der Waals surface area contributed by atoms with Gasteiger partial charge in [0.05, 0.1) is 50.6 Å². The number of para-hydroxylation sites is 1. The fourth-order valence-corrected chi connectivity index (χ4v) is 5.94. The number of nitrogens with one attached hydrogen (secondary N) is 3. The highest BCUT2D eigenvalue weighted by molar-refractivity contribution is 7.85. The standard InChI is InChI=1S/C28H27N5O4S/c34-27(35)16-26(20-7-5-15-29-17-20)38(37)25-10-4-3-9-24(25)30-28(36)19-11-13-22(14-12-19)31-33-18-21-6-1-2-8-23(21)32-33/h3-5,7-15,17-18,26,31-32H,1-2,6,16H2,(H,30,36)(H,34,35). The van der Waals surface area contributed by atoms with Crippen molar-refractivity contribution in [3.8, 4) is 0 Å². The molecule has 2 heterocycles. The molecule has 0 fully saturated rings. The molecule has 0 saturated heterocycles. The molecule has 1 aromatic heterocycles. The summed E-state index contributed by atoms with van der Waals surface area (Å²) in [6.45, 7) is 0. The van der Waals surface area contributed by atoms with Gasteiger partial charge in [-0.05, 0) is 72.9 Å². The first-order valence-corrected chi connectivity index (χ1v) is 13.5. The SMILES string of the molecule is O=C(O)CC(c1cccnc1)S(=O)c1ccccc1NC(=O)c1ccc(NN2C=C3CCCC=C3N2)cc1. The number of aliphatic carboxylic acids is 1. The zero-order valence-electron chi connectivity index (χ0n) is 20.5. The van der Waals surface area contributed by atoms with E-state index in [1.165, 1.54) is 11.8 Å². The van der Waals surface area contributed by atoms with Gasteiger partial charge in [-0.25, -0.2) is 5.12 Å². The van der Waals surface area contributed by atoms with E-state index < -0.39 is 22.0 Å². The first-order valence-electron chi connectivity index (χ1n) is 12.2. The number of carbonyl (C=O) groups is 2. The van der Waals surface area contributed by atoms with Crippen LogP contribution in [0, 0.1) is 0 Å². The van der Waals surface area contributed by atoms with Crippen molar-refractivity contribution in [2.75, 3.05) is 10.7 Å². The second-order valence-electron chi connectivity index (χ2n) is 8.96. The maximum absolute atomic E-state index is 13.6. The lowest BCUT2D eigenvalue weighted by Gasteiger charge is -2.20. The molecule has 1 amide bonds. The first kappa shape index (κ1) is 25.2. The summed E-state index contributed by atoms with van der Waals surface area (Å²) in [5, 5.41) is 13.3. The molecule has 1 aliphatic carbocycles. The van der Waals surface area contributed by atoms with Crippen molar-refractivity contribution in [3.63, 3.8) is 0 Å². The van der Waals surface area contributed by atoms with Crippen LogP contribution in [-0.4, -0.2) is 31.3 Å². The van der Waals surface area contributed by atoms with Crippen LogP contribution in [0.15, 0.2) is 101 Å². The molecule has 2 atom stereocenters. The number of nitrogens with zero attached hydrogens (tertiary/aromatic N) is 2. The van der Waals surface area contributed by atoms with Gasteiger partial charge in [-0.2, -0.15) is 0 Å². The Morgan fingerprint density at radius 3 is 2.66 bits per heavy atom. The predicted molar refractivity (Wildman–Crippen MR) is 145 cm³/mol. The minimum absolute atomic E-state index is 0.338. The van der Waals surface area contributed by atoms with Crippen LogP contribution in [0.1, 0.15) is 46.9 Å². The molecule has 1 aliphatic heterocycles. The van der Waals surface area contributed by atoms with E-state index in [-0.39, 0.29) is 12.3 Å². The van der Waals surface area contributed by atoms with E-state index in [0.717, 1.165) is 30.6 Å². The third-order valence-corrected chi connectivity index (χ3v) is 8.04. The Hall–Kier alpha value is -4.44. The molecule has 2 aromatic carbocycles. The van der Waals surface area contributed by atoms with E-state index in [2.05, 4.69) is 27.2 Å². The van der Waals surface area contributed by atoms with Crippen LogP contribution in [0.3, 0.4) is 0 Å². The third kappa shape index (κ3) is 5.76. The molecular formula is C28H27N5O4S. The van der Waals surface area contributed by atoms with Crippen LogP contribution in [-0.2, 0) is 15.6 Å². The summed E-state index contributed by atoms with van der Waals surface area (Å²) in [4.78, 5) is 29.0. The van der Waals surface area contributed by atoms with Gasteiger partial charge in [-0.15, -0.1) is 0 Å². The fourth-order valence-electron chi connectivity index (χ4n) is 4.40. The molecule has 9 nitrogen and oxygen atoms in total. The van der Waals surface area contributed by atoms with Crippen LogP contribution in [0.25, 0.3) is 0 Å². The van der Waals surface area contributed by atoms with Crippen LogP contribution in [0.4, 0.5) is 11.4 Å². The van der Waals surface area contributed by atoms with Gasteiger partial charge in [0.15, 0.2) is 0 Å². The molecule has 2 unspecified atom stereocenters. The van der Waals surface area contributed by atoms with Crippen LogP contribution in [0.5, 0.6) is 0 Å². The van der Waals surface area contributed by atoms with Crippen LogP contribution < -0.4 is 16.2 Å². The molecule has 10 heteroatoms. The molecule has 5 rings (SSSR count). The van der Waals surface area contributed by atoms with Crippen molar-refractivity contribution in [1.82, 2.24) is 15.5 Å². The number of amides is 1. The number of hydrogen-bond acceptors (Lipinski definition) is 7. The molecule has 0 radical (unpaired) electrons. The summed E-state index contributed by atoms with van der Waals surface area (Å²) in [6, 6.07) is 17.1. The van der Waals surface area contributed by atoms with Crippen molar-refractivity contribution in [1.29, 1.82) is 0 Å². The average Bonchev–Trinajstić information content (AvgIpc) is 3.35. The number of aromatic nitrogens is 1. The lowest BCUT2D eigenvalue weighted by atomic mass is 10.0. The molecule has 194 valence electrons. The van der Waals surface area contributed by atoms with Crippen molar-refractivity contribution in [2.45, 2.75) is 35.8 Å². The third-order valence-electron chi connectivity index (χ3n) is 6.29. The maximum atomic E-state index is 13.6. The molecule has 3 aromatic rings. The summed E-state index contributed by atoms with van der Waals surface area (Å²) in [6.07, 6.45) is 10.2. The number of carbonyl (C=O) groups excluding carboxylic acids is 1. The van der Waals surface area contributed by atoms with Crippen molar-refractivity contribution >= 4 is 34.1 Å². The zero-order valence-corrected chi connectivity index (χ0v) is 21.3. The van der Waals surface area contributed by atoms with Gasteiger partial charge in [0.2, 0.25) is 0 Å². The van der Waals surface area contributed by atoms with Crippen molar-refractivity contribution in [3.05, 3.63) is 108 Å². The number of pyridine rings is 1. The largest absolute Gasteiger partial charge is 0.481 e. The molecule has 0 saturated carbocycles. The second-order valence-corrected chi connectivity index (χ2v) is 10.6. The van der Waals surface area contributed by atoms with E-state index in [1.807, 2.05) is 11.3 Å². The van der Waals surface area contributed by atoms with Gasteiger partial charge in [0.1, 0.15) is 0 Å². The molecular weight excluding hydrogens is 502 g/mol. The van der Waals surface area contributed by atoms with Crippen LogP contribution in [0.2, 0.25) is 0 Å². The highest BCUT2D eigenvalue weighted by Gasteiger charge is 2.26. The Kier molecular flexibility index (Phi) is 7.50. The quantitative estimate of drug-likeness (QED) is 0.313. The summed E-state index contributed by atoms with van der Waals surface area (Å²) in [7, 11) is -1.76. The number of fused-ring (bicyclic) bond motifs is 1. The van der Waals surface area contributed by atoms with E-state index in [0.29, 0.717) is 21.7 Å². The Bertz CT molecular complexity index is 1420. The molecule has 38 heavy (non-hydrogen) atoms. The fraction of sp³-hybridized carbons (Fsp3) is 0.179. The number of rotatable bonds is 9. The smallest absolute Gasteiger partial charge is 0.304 e. The Labute approximate surface area is 222 Å². The van der Waals surface area contributed by atoms with Gasteiger partial charge in [0, 0.05) is 18.0 Å². The number of benzene rings is 2. The lowest BCUT2D eigenvalue weighted by molar-refractivity contribution is -0.137. The Morgan fingerprint density at radius 1 is 1.11 bits per heavy atom. The molecule has 4 N–H and O–H groups in total. The van der Waals surface area contributed by atoms with E-state index in [1.54, 1.807) is 66.9 Å². The summed E-state index contributed by atoms with van der Waals surface area (Å²) >= 11 is 0. The van der Waals surface area contributed by atoms with E-state index in [9.17, 15) is 18.9 Å². The van der Waals surface area contributed by atoms with Gasteiger partial charge in [-0.3, -0.25) is 29.6 Å². The maximum Gasteiger partial charge on any atom is 0.304 e. The number of hydrogen-bond donors (Lipinski definition) is 4. The van der Waals surface area contributed by atoms with Crippen molar-refractivity contribution < 1.29 is 18.9 Å². The van der Waals surface area contributed by atoms with E-state index in [4.69, 9.17) is 0 Å². The lowest BCUT2D eigenvalue weighted by Crippen LogP contribution is -2.33. The van der Waals surface area contributed by atoms with Gasteiger partial charge in [-0.1, -0.05) is 24.3 Å². The normalized spacial score (nSPS) is 15.8. The molecule has 0 spiro atoms. The Morgan fingerprint density at radius 2 is 1.92 bits per heavy atom. The predicted octanol–water partition coefficient (Wildman–Crippen LogP) is 4.76. The summed E-state index contributed by atoms with van der Waals surface area (Å²) in [5.74, 6) is -1.44. The number of carboxylic acid groups (broad SMARTS) is 1. The highest BCUT2D eigenvalue weighted by atomic mass is 32.2. The average molecular weight is 530 g/mol.